The quantitative estimate of drug-likeness (QED) is 0.0831. The Morgan fingerprint density at radius 1 is 1.07 bits per heavy atom. The first-order valence-electron chi connectivity index (χ1n) is 9.30. The fraction of sp³-hybridized carbons (Fsp3) is 0.706. The Labute approximate surface area is 164 Å². The molecule has 0 heterocycles. The topological polar surface area (TPSA) is 203 Å². The summed E-state index contributed by atoms with van der Waals surface area (Å²) in [5.74, 6) is -2.35. The molecule has 0 aliphatic rings. The van der Waals surface area contributed by atoms with E-state index in [2.05, 4.69) is 15.6 Å². The van der Waals surface area contributed by atoms with Crippen molar-refractivity contribution in [1.29, 1.82) is 0 Å². The molecule has 0 bridgehead atoms. The molecule has 0 saturated heterocycles. The molecule has 9 N–H and O–H groups in total. The monoisotopic (exact) mass is 400 g/mol. The fourth-order valence-electron chi connectivity index (χ4n) is 2.35. The van der Waals surface area contributed by atoms with Gasteiger partial charge in [-0.05, 0) is 25.7 Å². The number of carboxylic acid groups (broad SMARTS) is 1. The first kappa shape index (κ1) is 25.3. The van der Waals surface area contributed by atoms with Crippen LogP contribution in [0, 0.1) is 0 Å². The van der Waals surface area contributed by atoms with Crippen LogP contribution >= 0.6 is 0 Å². The second-order valence-electron chi connectivity index (χ2n) is 6.44. The predicted molar refractivity (Wildman–Crippen MR) is 104 cm³/mol. The molecule has 0 aliphatic heterocycles. The SMILES string of the molecule is CCCC[C@H](N)C(=O)N[C@@H](CCC(=O)O)C(=O)N[C@H](C=O)CCCN=C(N)N. The van der Waals surface area contributed by atoms with Crippen molar-refractivity contribution in [2.45, 2.75) is 70.0 Å². The van der Waals surface area contributed by atoms with E-state index >= 15 is 0 Å². The van der Waals surface area contributed by atoms with Crippen LogP contribution < -0.4 is 27.8 Å². The van der Waals surface area contributed by atoms with Gasteiger partial charge in [0, 0.05) is 13.0 Å². The molecule has 0 radical (unpaired) electrons. The van der Waals surface area contributed by atoms with Crippen molar-refractivity contribution in [2.24, 2.45) is 22.2 Å². The van der Waals surface area contributed by atoms with Crippen molar-refractivity contribution >= 4 is 30.0 Å². The Kier molecular flexibility index (Phi) is 13.0. The van der Waals surface area contributed by atoms with Gasteiger partial charge in [-0.2, -0.15) is 0 Å². The summed E-state index contributed by atoms with van der Waals surface area (Å²) in [6, 6.07) is -2.70. The number of nitrogens with two attached hydrogens (primary N) is 3. The van der Waals surface area contributed by atoms with Gasteiger partial charge in [0.15, 0.2) is 5.96 Å². The van der Waals surface area contributed by atoms with E-state index in [4.69, 9.17) is 22.3 Å². The normalized spacial score (nSPS) is 13.6. The molecule has 2 amide bonds. The average Bonchev–Trinajstić information content (AvgIpc) is 2.64. The van der Waals surface area contributed by atoms with Crippen molar-refractivity contribution in [3.63, 3.8) is 0 Å². The maximum absolute atomic E-state index is 12.5. The van der Waals surface area contributed by atoms with Gasteiger partial charge in [-0.15, -0.1) is 0 Å². The van der Waals surface area contributed by atoms with Gasteiger partial charge in [0.1, 0.15) is 12.3 Å². The highest BCUT2D eigenvalue weighted by Gasteiger charge is 2.25. The number of hydrogen-bond donors (Lipinski definition) is 6. The van der Waals surface area contributed by atoms with Gasteiger partial charge in [-0.25, -0.2) is 0 Å². The van der Waals surface area contributed by atoms with Gasteiger partial charge in [-0.3, -0.25) is 19.4 Å². The highest BCUT2D eigenvalue weighted by Crippen LogP contribution is 2.04. The molecular formula is C17H32N6O5. The number of aliphatic imine (C=N–C) groups is 1. The van der Waals surface area contributed by atoms with Crippen LogP contribution in [0.3, 0.4) is 0 Å². The molecule has 0 saturated carbocycles. The summed E-state index contributed by atoms with van der Waals surface area (Å²) in [6.07, 6.45) is 2.95. The molecule has 160 valence electrons. The molecule has 0 rings (SSSR count). The van der Waals surface area contributed by atoms with Crippen molar-refractivity contribution in [2.75, 3.05) is 6.54 Å². The zero-order valence-corrected chi connectivity index (χ0v) is 16.2. The smallest absolute Gasteiger partial charge is 0.303 e. The number of guanidine groups is 1. The van der Waals surface area contributed by atoms with Crippen LogP contribution in [0.1, 0.15) is 51.9 Å². The molecule has 0 aromatic carbocycles. The van der Waals surface area contributed by atoms with Crippen molar-refractivity contribution in [1.82, 2.24) is 10.6 Å². The van der Waals surface area contributed by atoms with E-state index in [0.717, 1.165) is 12.8 Å². The van der Waals surface area contributed by atoms with E-state index in [-0.39, 0.29) is 18.8 Å². The average molecular weight is 400 g/mol. The lowest BCUT2D eigenvalue weighted by Gasteiger charge is -2.22. The third-order valence-corrected chi connectivity index (χ3v) is 3.94. The van der Waals surface area contributed by atoms with E-state index in [0.29, 0.717) is 32.1 Å². The number of hydrogen-bond acceptors (Lipinski definition) is 6. The molecule has 28 heavy (non-hydrogen) atoms. The van der Waals surface area contributed by atoms with Gasteiger partial charge in [0.05, 0.1) is 12.1 Å². The minimum Gasteiger partial charge on any atom is -0.481 e. The molecule has 0 aliphatic carbocycles. The van der Waals surface area contributed by atoms with Crippen LogP contribution in [0.5, 0.6) is 0 Å². The van der Waals surface area contributed by atoms with Gasteiger partial charge >= 0.3 is 5.97 Å². The van der Waals surface area contributed by atoms with Gasteiger partial charge < -0.3 is 37.7 Å². The number of amides is 2. The summed E-state index contributed by atoms with van der Waals surface area (Å²) in [5, 5.41) is 13.8. The van der Waals surface area contributed by atoms with E-state index in [1.807, 2.05) is 6.92 Å². The number of carboxylic acids is 1. The number of aliphatic carboxylic acids is 1. The van der Waals surface area contributed by atoms with E-state index in [1.165, 1.54) is 0 Å². The fourth-order valence-corrected chi connectivity index (χ4v) is 2.35. The molecule has 0 aromatic heterocycles. The zero-order valence-electron chi connectivity index (χ0n) is 16.2. The highest BCUT2D eigenvalue weighted by molar-refractivity contribution is 5.91. The minimum absolute atomic E-state index is 0.0671. The lowest BCUT2D eigenvalue weighted by atomic mass is 10.1. The maximum atomic E-state index is 12.5. The molecular weight excluding hydrogens is 368 g/mol. The predicted octanol–water partition coefficient (Wildman–Crippen LogP) is -1.41. The van der Waals surface area contributed by atoms with Crippen LogP contribution in [-0.4, -0.2) is 59.8 Å². The Morgan fingerprint density at radius 3 is 2.29 bits per heavy atom. The van der Waals surface area contributed by atoms with Crippen LogP contribution in [0.4, 0.5) is 0 Å². The number of nitrogens with zero attached hydrogens (tertiary/aromatic N) is 1. The molecule has 0 spiro atoms. The van der Waals surface area contributed by atoms with Crippen LogP contribution in [-0.2, 0) is 19.2 Å². The van der Waals surface area contributed by atoms with Crippen LogP contribution in [0.25, 0.3) is 0 Å². The van der Waals surface area contributed by atoms with Gasteiger partial charge in [0.2, 0.25) is 11.8 Å². The molecule has 3 atom stereocenters. The van der Waals surface area contributed by atoms with Crippen LogP contribution in [0.15, 0.2) is 4.99 Å². The van der Waals surface area contributed by atoms with E-state index in [9.17, 15) is 19.2 Å². The molecule has 0 fully saturated rings. The summed E-state index contributed by atoms with van der Waals surface area (Å²) in [5.41, 5.74) is 16.2. The van der Waals surface area contributed by atoms with Crippen molar-refractivity contribution in [3.05, 3.63) is 0 Å². The van der Waals surface area contributed by atoms with Crippen molar-refractivity contribution in [3.8, 4) is 0 Å². The second-order valence-corrected chi connectivity index (χ2v) is 6.44. The Balaban J connectivity index is 4.84. The molecule has 0 aromatic rings. The molecule has 11 nitrogen and oxygen atoms in total. The lowest BCUT2D eigenvalue weighted by Crippen LogP contribution is -2.53. The Morgan fingerprint density at radius 2 is 1.75 bits per heavy atom. The highest BCUT2D eigenvalue weighted by atomic mass is 16.4. The summed E-state index contributed by atoms with van der Waals surface area (Å²) < 4.78 is 0. The van der Waals surface area contributed by atoms with E-state index in [1.54, 1.807) is 0 Å². The number of carbonyl (C=O) groups excluding carboxylic acids is 3. The van der Waals surface area contributed by atoms with Gasteiger partial charge in [-0.1, -0.05) is 19.8 Å². The number of aldehydes is 1. The Hall–Kier alpha value is -2.69. The van der Waals surface area contributed by atoms with Crippen molar-refractivity contribution < 1.29 is 24.3 Å². The lowest BCUT2D eigenvalue weighted by molar-refractivity contribution is -0.138. The third-order valence-electron chi connectivity index (χ3n) is 3.94. The summed E-state index contributed by atoms with van der Waals surface area (Å²) in [4.78, 5) is 50.4. The minimum atomic E-state index is -1.11. The zero-order chi connectivity index (χ0) is 21.5. The Bertz CT molecular complexity index is 550. The molecule has 0 unspecified atom stereocenters. The standard InChI is InChI=1S/C17H32N6O5/c1-2-3-6-12(18)15(27)23-13(7-8-14(25)26)16(28)22-11(10-24)5-4-9-21-17(19)20/h10-13H,2-9,18H2,1H3,(H,22,28)(H,23,27)(H,25,26)(H4,19,20,21)/t11-,12-,13-/m0/s1. The first-order chi connectivity index (χ1) is 13.2. The van der Waals surface area contributed by atoms with E-state index < -0.39 is 35.9 Å². The number of rotatable bonds is 15. The maximum Gasteiger partial charge on any atom is 0.303 e. The van der Waals surface area contributed by atoms with Crippen LogP contribution in [0.2, 0.25) is 0 Å². The second kappa shape index (κ2) is 14.4. The summed E-state index contributed by atoms with van der Waals surface area (Å²) in [6.45, 7) is 2.26. The largest absolute Gasteiger partial charge is 0.481 e. The number of nitrogens with one attached hydrogen (secondary N) is 2. The van der Waals surface area contributed by atoms with Gasteiger partial charge in [0.25, 0.3) is 0 Å². The third kappa shape index (κ3) is 11.8. The number of unbranched alkanes of at least 4 members (excludes halogenated alkanes) is 1. The number of carbonyl (C=O) groups is 4. The summed E-state index contributed by atoms with van der Waals surface area (Å²) in [7, 11) is 0. The molecule has 11 heteroatoms. The first-order valence-corrected chi connectivity index (χ1v) is 9.30. The summed E-state index contributed by atoms with van der Waals surface area (Å²) >= 11 is 0.